The molecule has 0 saturated carbocycles. The molecule has 0 radical (unpaired) electrons. The zero-order valence-electron chi connectivity index (χ0n) is 17.7. The molecule has 4 rings (SSSR count). The number of thiazole rings is 1. The summed E-state index contributed by atoms with van der Waals surface area (Å²) in [5, 5.41) is 24.2. The SMILES string of the molecule is CCOC(=O)c1csc(N2CC(SC3=C(C(=O)[O-])N4C(=O)[C@H]([C@@H](C)O)[C@H]4[C@H]3C)C2)n1.[Na+]. The van der Waals surface area contributed by atoms with E-state index in [2.05, 4.69) is 4.98 Å². The van der Waals surface area contributed by atoms with Crippen molar-refractivity contribution in [1.82, 2.24) is 9.88 Å². The van der Waals surface area contributed by atoms with E-state index < -0.39 is 24.0 Å². The average Bonchev–Trinajstić information content (AvgIpc) is 3.20. The number of carbonyl (C=O) groups excluding carboxylic acids is 3. The van der Waals surface area contributed by atoms with E-state index in [1.165, 1.54) is 28.0 Å². The molecule has 0 spiro atoms. The number of hydrogen-bond acceptors (Lipinski definition) is 10. The monoisotopic (exact) mass is 475 g/mol. The number of aliphatic carboxylic acids is 1. The number of aromatic nitrogens is 1. The normalized spacial score (nSPS) is 26.1. The number of amides is 1. The van der Waals surface area contributed by atoms with Gasteiger partial charge in [0.25, 0.3) is 0 Å². The molecule has 0 aromatic carbocycles. The zero-order chi connectivity index (χ0) is 21.7. The molecule has 1 N–H and O–H groups in total. The number of ether oxygens (including phenoxy) is 1. The molecule has 3 aliphatic rings. The van der Waals surface area contributed by atoms with Crippen LogP contribution >= 0.6 is 23.1 Å². The topological polar surface area (TPSA) is 123 Å². The van der Waals surface area contributed by atoms with Crippen LogP contribution in [0, 0.1) is 11.8 Å². The number of anilines is 1. The minimum Gasteiger partial charge on any atom is -0.543 e. The second-order valence-corrected chi connectivity index (χ2v) is 9.81. The zero-order valence-corrected chi connectivity index (χ0v) is 21.4. The van der Waals surface area contributed by atoms with Gasteiger partial charge in [0.2, 0.25) is 5.91 Å². The third-order valence-electron chi connectivity index (χ3n) is 5.69. The van der Waals surface area contributed by atoms with Gasteiger partial charge in [-0.1, -0.05) is 6.92 Å². The van der Waals surface area contributed by atoms with Crippen molar-refractivity contribution in [3.8, 4) is 0 Å². The summed E-state index contributed by atoms with van der Waals surface area (Å²) in [6.07, 6.45) is -0.828. The fourth-order valence-corrected chi connectivity index (χ4v) is 6.56. The summed E-state index contributed by atoms with van der Waals surface area (Å²) in [6.45, 7) is 6.77. The summed E-state index contributed by atoms with van der Waals surface area (Å²) in [5.41, 5.74) is 0.225. The summed E-state index contributed by atoms with van der Waals surface area (Å²) in [6, 6.07) is -0.338. The van der Waals surface area contributed by atoms with E-state index in [9.17, 15) is 24.6 Å². The van der Waals surface area contributed by atoms with Gasteiger partial charge in [0.1, 0.15) is 0 Å². The van der Waals surface area contributed by atoms with Crippen LogP contribution in [0.25, 0.3) is 0 Å². The maximum Gasteiger partial charge on any atom is 1.00 e. The summed E-state index contributed by atoms with van der Waals surface area (Å²) in [7, 11) is 0. The first-order chi connectivity index (χ1) is 14.2. The smallest absolute Gasteiger partial charge is 0.543 e. The van der Waals surface area contributed by atoms with Gasteiger partial charge in [-0.2, -0.15) is 0 Å². The molecule has 1 aromatic heterocycles. The Kier molecular flexibility index (Phi) is 7.44. The Bertz CT molecular complexity index is 929. The van der Waals surface area contributed by atoms with Crippen LogP contribution in [0.2, 0.25) is 0 Å². The average molecular weight is 476 g/mol. The van der Waals surface area contributed by atoms with E-state index in [1.807, 2.05) is 11.8 Å². The molecule has 1 amide bonds. The number of aliphatic hydroxyl groups excluding tert-OH is 1. The number of fused-ring (bicyclic) bond motifs is 1. The van der Waals surface area contributed by atoms with Gasteiger partial charge in [-0.05, 0) is 13.8 Å². The van der Waals surface area contributed by atoms with Crippen LogP contribution in [-0.2, 0) is 14.3 Å². The number of rotatable bonds is 7. The molecule has 4 atom stereocenters. The number of carbonyl (C=O) groups is 3. The van der Waals surface area contributed by atoms with Gasteiger partial charge in [0.05, 0.1) is 36.3 Å². The Morgan fingerprint density at radius 3 is 2.71 bits per heavy atom. The molecular formula is C19H22N3NaO6S2. The van der Waals surface area contributed by atoms with Gasteiger partial charge in [0.15, 0.2) is 10.8 Å². The van der Waals surface area contributed by atoms with Gasteiger partial charge in [0, 0.05) is 34.5 Å². The first-order valence-corrected chi connectivity index (χ1v) is 11.5. The number of aliphatic hydroxyl groups is 1. The van der Waals surface area contributed by atoms with E-state index in [0.717, 1.165) is 5.13 Å². The molecule has 12 heteroatoms. The van der Waals surface area contributed by atoms with E-state index in [1.54, 1.807) is 19.2 Å². The first kappa shape index (κ1) is 24.5. The van der Waals surface area contributed by atoms with Crippen molar-refractivity contribution in [3.05, 3.63) is 21.7 Å². The third-order valence-corrected chi connectivity index (χ3v) is 8.04. The van der Waals surface area contributed by atoms with Crippen molar-refractivity contribution in [2.24, 2.45) is 11.8 Å². The second kappa shape index (κ2) is 9.40. The van der Waals surface area contributed by atoms with Crippen LogP contribution in [0.15, 0.2) is 16.0 Å². The number of esters is 1. The van der Waals surface area contributed by atoms with Crippen molar-refractivity contribution >= 4 is 46.1 Å². The summed E-state index contributed by atoms with van der Waals surface area (Å²) in [4.78, 5) is 44.1. The largest absolute Gasteiger partial charge is 1.00 e. The Hall–Kier alpha value is -1.11. The third kappa shape index (κ3) is 4.16. The molecule has 31 heavy (non-hydrogen) atoms. The molecule has 3 aliphatic heterocycles. The summed E-state index contributed by atoms with van der Waals surface area (Å²) >= 11 is 2.81. The Labute approximate surface area is 210 Å². The molecule has 0 aliphatic carbocycles. The van der Waals surface area contributed by atoms with E-state index in [4.69, 9.17) is 4.74 Å². The van der Waals surface area contributed by atoms with Crippen molar-refractivity contribution in [3.63, 3.8) is 0 Å². The number of β-lactam (4-membered cyclic amide) rings is 1. The van der Waals surface area contributed by atoms with Crippen LogP contribution < -0.4 is 39.6 Å². The van der Waals surface area contributed by atoms with Crippen LogP contribution in [0.3, 0.4) is 0 Å². The molecule has 0 bridgehead atoms. The predicted molar refractivity (Wildman–Crippen MR) is 109 cm³/mol. The Balaban J connectivity index is 0.00000272. The molecular weight excluding hydrogens is 453 g/mol. The van der Waals surface area contributed by atoms with E-state index in [-0.39, 0.29) is 64.1 Å². The van der Waals surface area contributed by atoms with Crippen LogP contribution in [0.5, 0.6) is 0 Å². The van der Waals surface area contributed by atoms with Gasteiger partial charge in [-0.3, -0.25) is 4.79 Å². The maximum absolute atomic E-state index is 12.4. The van der Waals surface area contributed by atoms with Crippen LogP contribution in [-0.4, -0.2) is 69.9 Å². The molecule has 9 nitrogen and oxygen atoms in total. The van der Waals surface area contributed by atoms with Crippen molar-refractivity contribution in [2.45, 2.75) is 38.2 Å². The quantitative estimate of drug-likeness (QED) is 0.251. The standard InChI is InChI=1S/C19H23N3O6S2.Na/c1-4-28-18(27)11-7-29-19(20-11)21-5-10(6-21)30-15-8(2)13-12(9(3)23)16(24)22(13)14(15)17(25)26;/h7-10,12-13,23H,4-6H2,1-3H3,(H,25,26);/q;+1/p-1/t8-,9-,12-,13-;/m1./s1. The number of thioether (sulfide) groups is 1. The Morgan fingerprint density at radius 2 is 2.13 bits per heavy atom. The summed E-state index contributed by atoms with van der Waals surface area (Å²) in [5.74, 6) is -2.93. The number of carboxylic acids is 1. The molecule has 0 unspecified atom stereocenters. The molecule has 4 heterocycles. The predicted octanol–water partition coefficient (Wildman–Crippen LogP) is -2.94. The minimum atomic E-state index is -1.36. The molecule has 1 aromatic rings. The van der Waals surface area contributed by atoms with Crippen molar-refractivity contribution in [1.29, 1.82) is 0 Å². The van der Waals surface area contributed by atoms with E-state index in [0.29, 0.717) is 24.6 Å². The molecule has 2 saturated heterocycles. The number of carboxylic acid groups (broad SMARTS) is 1. The second-order valence-electron chi connectivity index (χ2n) is 7.63. The van der Waals surface area contributed by atoms with Crippen molar-refractivity contribution < 1.29 is 58.9 Å². The van der Waals surface area contributed by atoms with Gasteiger partial charge < -0.3 is 29.5 Å². The van der Waals surface area contributed by atoms with Gasteiger partial charge in [-0.25, -0.2) is 9.78 Å². The van der Waals surface area contributed by atoms with Crippen molar-refractivity contribution in [2.75, 3.05) is 24.6 Å². The fraction of sp³-hybridized carbons (Fsp3) is 0.579. The van der Waals surface area contributed by atoms with E-state index >= 15 is 0 Å². The first-order valence-electron chi connectivity index (χ1n) is 9.75. The van der Waals surface area contributed by atoms with Gasteiger partial charge in [-0.15, -0.1) is 23.1 Å². The molecule has 2 fully saturated rings. The van der Waals surface area contributed by atoms with Gasteiger partial charge >= 0.3 is 35.5 Å². The molecule has 162 valence electrons. The maximum atomic E-state index is 12.4. The number of nitrogens with zero attached hydrogens (tertiary/aromatic N) is 3. The number of hydrogen-bond donors (Lipinski definition) is 1. The van der Waals surface area contributed by atoms with Crippen LogP contribution in [0.4, 0.5) is 5.13 Å². The summed E-state index contributed by atoms with van der Waals surface area (Å²) < 4.78 is 4.95. The minimum absolute atomic E-state index is 0. The van der Waals surface area contributed by atoms with Crippen LogP contribution in [0.1, 0.15) is 31.3 Å². The Morgan fingerprint density at radius 1 is 1.45 bits per heavy atom. The fourth-order valence-electron chi connectivity index (χ4n) is 4.23.